The van der Waals surface area contributed by atoms with Gasteiger partial charge in [-0.25, -0.2) is 0 Å². The Labute approximate surface area is 107 Å². The van der Waals surface area contributed by atoms with Crippen LogP contribution >= 0.6 is 11.8 Å². The highest BCUT2D eigenvalue weighted by Crippen LogP contribution is 2.04. The molecule has 1 aromatic rings. The minimum Gasteiger partial charge on any atom is -0.480 e. The quantitative estimate of drug-likeness (QED) is 0.696. The van der Waals surface area contributed by atoms with Gasteiger partial charge in [-0.3, -0.25) is 4.79 Å². The van der Waals surface area contributed by atoms with Crippen LogP contribution in [0.3, 0.4) is 0 Å². The van der Waals surface area contributed by atoms with Gasteiger partial charge in [0.25, 0.3) is 0 Å². The maximum Gasteiger partial charge on any atom is 0.321 e. The third kappa shape index (κ3) is 5.75. The highest BCUT2D eigenvalue weighted by atomic mass is 32.2. The van der Waals surface area contributed by atoms with E-state index in [9.17, 15) is 4.79 Å². The second-order valence-electron chi connectivity index (χ2n) is 3.73. The van der Waals surface area contributed by atoms with Crippen molar-refractivity contribution in [2.75, 3.05) is 18.1 Å². The van der Waals surface area contributed by atoms with Crippen LogP contribution in [0.5, 0.6) is 0 Å². The second-order valence-corrected chi connectivity index (χ2v) is 5.13. The Morgan fingerprint density at radius 3 is 2.71 bits per heavy atom. The Hall–Kier alpha value is -1.00. The van der Waals surface area contributed by atoms with Gasteiger partial charge >= 0.3 is 5.97 Å². The maximum absolute atomic E-state index is 11.1. The van der Waals surface area contributed by atoms with Crippen molar-refractivity contribution in [3.63, 3.8) is 0 Å². The van der Waals surface area contributed by atoms with Crippen LogP contribution in [0.15, 0.2) is 30.3 Å². The molecule has 0 saturated heterocycles. The molecule has 0 unspecified atom stereocenters. The van der Waals surface area contributed by atoms with E-state index in [0.717, 1.165) is 23.6 Å². The summed E-state index contributed by atoms with van der Waals surface area (Å²) in [5.74, 6) is 1.24. The molecule has 0 bridgehead atoms. The summed E-state index contributed by atoms with van der Waals surface area (Å²) < 4.78 is 0. The van der Waals surface area contributed by atoms with E-state index in [-0.39, 0.29) is 0 Å². The molecule has 0 radical (unpaired) electrons. The molecule has 4 heteroatoms. The Kier molecular flexibility index (Phi) is 6.74. The van der Waals surface area contributed by atoms with Crippen LogP contribution in [0.1, 0.15) is 12.5 Å². The zero-order chi connectivity index (χ0) is 12.5. The summed E-state index contributed by atoms with van der Waals surface area (Å²) in [5, 5.41) is 12.2. The van der Waals surface area contributed by atoms with Gasteiger partial charge < -0.3 is 10.4 Å². The second kappa shape index (κ2) is 8.14. The SMILES string of the molecule is CCSCCN[C@@H](Cc1ccccc1)C(=O)O. The van der Waals surface area contributed by atoms with Gasteiger partial charge in [-0.15, -0.1) is 0 Å². The highest BCUT2D eigenvalue weighted by Gasteiger charge is 2.16. The molecule has 0 aromatic heterocycles. The molecule has 3 nitrogen and oxygen atoms in total. The summed E-state index contributed by atoms with van der Waals surface area (Å²) in [6.07, 6.45) is 0.535. The molecule has 0 fully saturated rings. The molecule has 0 aliphatic rings. The van der Waals surface area contributed by atoms with Gasteiger partial charge in [0.05, 0.1) is 0 Å². The van der Waals surface area contributed by atoms with Gasteiger partial charge in [0, 0.05) is 12.3 Å². The van der Waals surface area contributed by atoms with Crippen molar-refractivity contribution in [3.8, 4) is 0 Å². The first-order valence-electron chi connectivity index (χ1n) is 5.82. The summed E-state index contributed by atoms with van der Waals surface area (Å²) in [4.78, 5) is 11.1. The molecule has 0 heterocycles. The lowest BCUT2D eigenvalue weighted by molar-refractivity contribution is -0.139. The predicted molar refractivity (Wildman–Crippen MR) is 72.6 cm³/mol. The third-order valence-electron chi connectivity index (χ3n) is 2.42. The van der Waals surface area contributed by atoms with Gasteiger partial charge in [0.15, 0.2) is 0 Å². The van der Waals surface area contributed by atoms with E-state index in [0.29, 0.717) is 6.42 Å². The molecule has 0 amide bonds. The standard InChI is InChI=1S/C13H19NO2S/c1-2-17-9-8-14-12(13(15)16)10-11-6-4-3-5-7-11/h3-7,12,14H,2,8-10H2,1H3,(H,15,16)/t12-/m0/s1. The lowest BCUT2D eigenvalue weighted by Crippen LogP contribution is -2.39. The Morgan fingerprint density at radius 2 is 2.12 bits per heavy atom. The van der Waals surface area contributed by atoms with Crippen LogP contribution in [0.4, 0.5) is 0 Å². The van der Waals surface area contributed by atoms with Crippen molar-refractivity contribution in [1.82, 2.24) is 5.32 Å². The van der Waals surface area contributed by atoms with Crippen molar-refractivity contribution in [2.24, 2.45) is 0 Å². The topological polar surface area (TPSA) is 49.3 Å². The summed E-state index contributed by atoms with van der Waals surface area (Å²) in [7, 11) is 0. The van der Waals surface area contributed by atoms with Crippen molar-refractivity contribution in [1.29, 1.82) is 0 Å². The Morgan fingerprint density at radius 1 is 1.41 bits per heavy atom. The number of carbonyl (C=O) groups is 1. The number of nitrogens with one attached hydrogen (secondary N) is 1. The van der Waals surface area contributed by atoms with Gasteiger partial charge in [0.1, 0.15) is 6.04 Å². The van der Waals surface area contributed by atoms with Gasteiger partial charge in [-0.2, -0.15) is 11.8 Å². The highest BCUT2D eigenvalue weighted by molar-refractivity contribution is 7.99. The number of hydrogen-bond donors (Lipinski definition) is 2. The van der Waals surface area contributed by atoms with E-state index in [1.54, 1.807) is 0 Å². The van der Waals surface area contributed by atoms with Gasteiger partial charge in [-0.05, 0) is 17.7 Å². The molecule has 0 aliphatic heterocycles. The predicted octanol–water partition coefficient (Wildman–Crippen LogP) is 2.02. The summed E-state index contributed by atoms with van der Waals surface area (Å²) in [6, 6.07) is 9.22. The molecular formula is C13H19NO2S. The van der Waals surface area contributed by atoms with Gasteiger partial charge in [0.2, 0.25) is 0 Å². The third-order valence-corrected chi connectivity index (χ3v) is 3.32. The summed E-state index contributed by atoms with van der Waals surface area (Å²) >= 11 is 1.81. The largest absolute Gasteiger partial charge is 0.480 e. The van der Waals surface area contributed by atoms with E-state index in [4.69, 9.17) is 5.11 Å². The first kappa shape index (κ1) is 14.1. The summed E-state index contributed by atoms with van der Waals surface area (Å²) in [5.41, 5.74) is 1.05. The van der Waals surface area contributed by atoms with Crippen LogP contribution in [-0.2, 0) is 11.2 Å². The average Bonchev–Trinajstić information content (AvgIpc) is 2.34. The van der Waals surface area contributed by atoms with E-state index in [1.165, 1.54) is 0 Å². The van der Waals surface area contributed by atoms with Crippen molar-refractivity contribution in [3.05, 3.63) is 35.9 Å². The molecule has 94 valence electrons. The normalized spacial score (nSPS) is 12.3. The van der Waals surface area contributed by atoms with Crippen molar-refractivity contribution in [2.45, 2.75) is 19.4 Å². The van der Waals surface area contributed by atoms with E-state index in [2.05, 4.69) is 12.2 Å². The first-order chi connectivity index (χ1) is 8.24. The minimum absolute atomic E-state index is 0.491. The molecule has 0 saturated carbocycles. The fourth-order valence-corrected chi connectivity index (χ4v) is 2.10. The smallest absolute Gasteiger partial charge is 0.321 e. The average molecular weight is 253 g/mol. The van der Waals surface area contributed by atoms with Crippen LogP contribution in [0.2, 0.25) is 0 Å². The molecular weight excluding hydrogens is 234 g/mol. The van der Waals surface area contributed by atoms with Crippen LogP contribution in [0.25, 0.3) is 0 Å². The molecule has 1 aromatic carbocycles. The molecule has 1 rings (SSSR count). The van der Waals surface area contributed by atoms with Crippen molar-refractivity contribution >= 4 is 17.7 Å². The van der Waals surface area contributed by atoms with E-state index >= 15 is 0 Å². The fourth-order valence-electron chi connectivity index (χ4n) is 1.55. The van der Waals surface area contributed by atoms with Gasteiger partial charge in [-0.1, -0.05) is 37.3 Å². The maximum atomic E-state index is 11.1. The lowest BCUT2D eigenvalue weighted by atomic mass is 10.1. The molecule has 0 spiro atoms. The van der Waals surface area contributed by atoms with Crippen molar-refractivity contribution < 1.29 is 9.90 Å². The number of rotatable bonds is 8. The molecule has 0 aliphatic carbocycles. The molecule has 1 atom stereocenters. The minimum atomic E-state index is -0.782. The van der Waals surface area contributed by atoms with E-state index < -0.39 is 12.0 Å². The monoisotopic (exact) mass is 253 g/mol. The molecule has 2 N–H and O–H groups in total. The number of carboxylic acid groups (broad SMARTS) is 1. The Bertz CT molecular complexity index is 329. The number of thioether (sulfide) groups is 1. The van der Waals surface area contributed by atoms with Crippen LogP contribution < -0.4 is 5.32 Å². The number of aliphatic carboxylic acids is 1. The van der Waals surface area contributed by atoms with Crippen LogP contribution in [-0.4, -0.2) is 35.2 Å². The Balaban J connectivity index is 2.41. The number of hydrogen-bond acceptors (Lipinski definition) is 3. The number of benzene rings is 1. The zero-order valence-corrected chi connectivity index (χ0v) is 10.9. The fraction of sp³-hybridized carbons (Fsp3) is 0.462. The first-order valence-corrected chi connectivity index (χ1v) is 6.97. The van der Waals surface area contributed by atoms with E-state index in [1.807, 2.05) is 42.1 Å². The number of carboxylic acids is 1. The lowest BCUT2D eigenvalue weighted by Gasteiger charge is -2.14. The zero-order valence-electron chi connectivity index (χ0n) is 10.1. The summed E-state index contributed by atoms with van der Waals surface area (Å²) in [6.45, 7) is 2.84. The van der Waals surface area contributed by atoms with Crippen LogP contribution in [0, 0.1) is 0 Å². The molecule has 17 heavy (non-hydrogen) atoms.